The highest BCUT2D eigenvalue weighted by Gasteiger charge is 2.38. The van der Waals surface area contributed by atoms with Crippen molar-refractivity contribution in [1.29, 1.82) is 0 Å². The molecule has 28 heavy (non-hydrogen) atoms. The predicted molar refractivity (Wildman–Crippen MR) is 113 cm³/mol. The van der Waals surface area contributed by atoms with Crippen LogP contribution in [0.5, 0.6) is 5.75 Å². The molecule has 0 fully saturated rings. The number of hydrogen-bond acceptors (Lipinski definition) is 4. The van der Waals surface area contributed by atoms with Crippen LogP contribution in [0.2, 0.25) is 0 Å². The first-order chi connectivity index (χ1) is 12.5. The van der Waals surface area contributed by atoms with Crippen LogP contribution in [-0.4, -0.2) is 33.3 Å². The zero-order valence-electron chi connectivity index (χ0n) is 18.4. The maximum atomic E-state index is 13.0. The Bertz CT molecular complexity index is 783. The molecule has 7 nitrogen and oxygen atoms in total. The van der Waals surface area contributed by atoms with E-state index in [9.17, 15) is 18.3 Å². The molecule has 0 bridgehead atoms. The van der Waals surface area contributed by atoms with Crippen molar-refractivity contribution in [2.75, 3.05) is 18.0 Å². The van der Waals surface area contributed by atoms with Crippen LogP contribution in [-0.2, 0) is 21.0 Å². The molecule has 8 heteroatoms. The van der Waals surface area contributed by atoms with Gasteiger partial charge in [0.2, 0.25) is 0 Å². The van der Waals surface area contributed by atoms with Crippen LogP contribution in [0.25, 0.3) is 0 Å². The SMILES string of the molecule is COc1cc(C(C)(C)C)c(N(C(=O)O)S(=O)(=O)NCC(C)C)c(C(C)(C)C)c1. The summed E-state index contributed by atoms with van der Waals surface area (Å²) in [5.41, 5.74) is 0.267. The molecule has 0 aromatic heterocycles. The van der Waals surface area contributed by atoms with Crippen molar-refractivity contribution >= 4 is 22.0 Å². The van der Waals surface area contributed by atoms with Gasteiger partial charge in [0.25, 0.3) is 0 Å². The number of nitrogens with one attached hydrogen (secondary N) is 1. The number of ether oxygens (including phenoxy) is 1. The van der Waals surface area contributed by atoms with E-state index >= 15 is 0 Å². The molecule has 0 aliphatic rings. The minimum absolute atomic E-state index is 0.0328. The Morgan fingerprint density at radius 1 is 1.11 bits per heavy atom. The number of carboxylic acid groups (broad SMARTS) is 1. The van der Waals surface area contributed by atoms with Gasteiger partial charge in [0.05, 0.1) is 12.8 Å². The first-order valence-corrected chi connectivity index (χ1v) is 10.7. The third kappa shape index (κ3) is 5.61. The molecular weight excluding hydrogens is 380 g/mol. The van der Waals surface area contributed by atoms with E-state index in [1.807, 2.05) is 55.4 Å². The van der Waals surface area contributed by atoms with Gasteiger partial charge in [0.1, 0.15) is 5.75 Å². The van der Waals surface area contributed by atoms with Gasteiger partial charge in [-0.3, -0.25) is 0 Å². The maximum absolute atomic E-state index is 13.0. The second-order valence-corrected chi connectivity index (χ2v) is 11.0. The van der Waals surface area contributed by atoms with Crippen molar-refractivity contribution < 1.29 is 23.1 Å². The van der Waals surface area contributed by atoms with Gasteiger partial charge in [0, 0.05) is 6.54 Å². The predicted octanol–water partition coefficient (Wildman–Crippen LogP) is 4.27. The first kappa shape index (κ1) is 24.2. The van der Waals surface area contributed by atoms with Crippen LogP contribution in [0.3, 0.4) is 0 Å². The lowest BCUT2D eigenvalue weighted by Crippen LogP contribution is -2.46. The Labute approximate surface area is 169 Å². The summed E-state index contributed by atoms with van der Waals surface area (Å²) in [5.74, 6) is 0.585. The fraction of sp³-hybridized carbons (Fsp3) is 0.650. The van der Waals surface area contributed by atoms with Gasteiger partial charge in [0.15, 0.2) is 0 Å². The van der Waals surface area contributed by atoms with Gasteiger partial charge in [-0.25, -0.2) is 4.79 Å². The summed E-state index contributed by atoms with van der Waals surface area (Å²) < 4.78 is 34.3. The van der Waals surface area contributed by atoms with Crippen LogP contribution < -0.4 is 13.8 Å². The number of amides is 1. The molecule has 1 amide bonds. The van der Waals surface area contributed by atoms with Crippen LogP contribution in [0.4, 0.5) is 10.5 Å². The molecule has 0 atom stereocenters. The molecule has 1 aromatic rings. The van der Waals surface area contributed by atoms with E-state index in [0.29, 0.717) is 21.2 Å². The van der Waals surface area contributed by atoms with E-state index in [2.05, 4.69) is 4.72 Å². The lowest BCUT2D eigenvalue weighted by Gasteiger charge is -2.34. The number of nitrogens with zero attached hydrogens (tertiary/aromatic N) is 1. The molecule has 0 unspecified atom stereocenters. The summed E-state index contributed by atoms with van der Waals surface area (Å²) in [5, 5.41) is 9.91. The van der Waals surface area contributed by atoms with Gasteiger partial charge in [-0.1, -0.05) is 55.4 Å². The number of benzene rings is 1. The Kier molecular flexibility index (Phi) is 7.17. The van der Waals surface area contributed by atoms with Crippen molar-refractivity contribution in [3.8, 4) is 5.75 Å². The molecule has 0 saturated heterocycles. The number of methoxy groups -OCH3 is 1. The number of rotatable bonds is 6. The summed E-state index contributed by atoms with van der Waals surface area (Å²) in [7, 11) is -2.78. The zero-order chi connectivity index (χ0) is 22.1. The highest BCUT2D eigenvalue weighted by molar-refractivity contribution is 7.91. The van der Waals surface area contributed by atoms with E-state index < -0.39 is 27.1 Å². The van der Waals surface area contributed by atoms with Gasteiger partial charge in [-0.2, -0.15) is 17.4 Å². The minimum atomic E-state index is -4.31. The molecule has 160 valence electrons. The Hall–Kier alpha value is -1.80. The van der Waals surface area contributed by atoms with Crippen LogP contribution in [0.1, 0.15) is 66.5 Å². The molecule has 1 rings (SSSR count). The van der Waals surface area contributed by atoms with E-state index in [-0.39, 0.29) is 18.2 Å². The second kappa shape index (κ2) is 8.29. The van der Waals surface area contributed by atoms with Gasteiger partial charge >= 0.3 is 16.3 Å². The molecule has 0 aliphatic heterocycles. The van der Waals surface area contributed by atoms with E-state index in [4.69, 9.17) is 4.74 Å². The van der Waals surface area contributed by atoms with Crippen molar-refractivity contribution in [3.63, 3.8) is 0 Å². The lowest BCUT2D eigenvalue weighted by molar-refractivity contribution is 0.206. The van der Waals surface area contributed by atoms with E-state index in [0.717, 1.165) is 0 Å². The molecule has 1 aromatic carbocycles. The molecule has 2 N–H and O–H groups in total. The fourth-order valence-electron chi connectivity index (χ4n) is 2.74. The Balaban J connectivity index is 3.94. The largest absolute Gasteiger partial charge is 0.497 e. The van der Waals surface area contributed by atoms with Crippen LogP contribution in [0.15, 0.2) is 12.1 Å². The standard InChI is InChI=1S/C20H34N2O5S/c1-13(2)12-21-28(25,26)22(18(23)24)17-15(19(3,4)5)10-14(27-9)11-16(17)20(6,7)8/h10-11,13,21H,12H2,1-9H3,(H,23,24). The van der Waals surface area contributed by atoms with Crippen molar-refractivity contribution in [2.24, 2.45) is 5.92 Å². The van der Waals surface area contributed by atoms with E-state index in [1.54, 1.807) is 12.1 Å². The van der Waals surface area contributed by atoms with Crippen LogP contribution >= 0.6 is 0 Å². The van der Waals surface area contributed by atoms with Crippen LogP contribution in [0, 0.1) is 5.92 Å². The molecular formula is C20H34N2O5S. The summed E-state index contributed by atoms with van der Waals surface area (Å²) >= 11 is 0. The summed E-state index contributed by atoms with van der Waals surface area (Å²) in [6, 6.07) is 3.41. The Morgan fingerprint density at radius 2 is 1.54 bits per heavy atom. The molecule has 0 spiro atoms. The summed E-state index contributed by atoms with van der Waals surface area (Å²) in [6.45, 7) is 15.3. The second-order valence-electron chi connectivity index (χ2n) is 9.37. The average molecular weight is 415 g/mol. The normalized spacial score (nSPS) is 12.9. The summed E-state index contributed by atoms with van der Waals surface area (Å²) in [6.07, 6.45) is -1.56. The minimum Gasteiger partial charge on any atom is -0.497 e. The van der Waals surface area contributed by atoms with Gasteiger partial charge < -0.3 is 9.84 Å². The molecule has 0 heterocycles. The van der Waals surface area contributed by atoms with Gasteiger partial charge in [-0.15, -0.1) is 0 Å². The van der Waals surface area contributed by atoms with Crippen molar-refractivity contribution in [2.45, 2.75) is 66.2 Å². The Morgan fingerprint density at radius 3 is 1.82 bits per heavy atom. The third-order valence-electron chi connectivity index (χ3n) is 4.23. The maximum Gasteiger partial charge on any atom is 0.426 e. The number of hydrogen-bond donors (Lipinski definition) is 2. The fourth-order valence-corrected chi connectivity index (χ4v) is 4.06. The quantitative estimate of drug-likeness (QED) is 0.725. The van der Waals surface area contributed by atoms with Crippen molar-refractivity contribution in [3.05, 3.63) is 23.3 Å². The monoisotopic (exact) mass is 414 g/mol. The summed E-state index contributed by atoms with van der Waals surface area (Å²) in [4.78, 5) is 12.2. The zero-order valence-corrected chi connectivity index (χ0v) is 19.2. The topological polar surface area (TPSA) is 95.9 Å². The third-order valence-corrected chi connectivity index (χ3v) is 5.58. The molecule has 0 radical (unpaired) electrons. The highest BCUT2D eigenvalue weighted by Crippen LogP contribution is 2.43. The smallest absolute Gasteiger partial charge is 0.426 e. The first-order valence-electron chi connectivity index (χ1n) is 9.28. The lowest BCUT2D eigenvalue weighted by atomic mass is 9.78. The van der Waals surface area contributed by atoms with Gasteiger partial charge in [-0.05, 0) is 40.0 Å². The molecule has 0 aliphatic carbocycles. The number of carbonyl (C=O) groups is 1. The van der Waals surface area contributed by atoms with E-state index in [1.165, 1.54) is 7.11 Å². The molecule has 0 saturated carbocycles. The average Bonchev–Trinajstić information content (AvgIpc) is 2.50. The number of anilines is 1. The van der Waals surface area contributed by atoms with Crippen molar-refractivity contribution in [1.82, 2.24) is 4.72 Å². The highest BCUT2D eigenvalue weighted by atomic mass is 32.2.